The molecular weight excluding hydrogens is 401 g/mol. The zero-order valence-corrected chi connectivity index (χ0v) is 17.9. The molecule has 27 heavy (non-hydrogen) atoms. The number of nitrogens with one attached hydrogen (secondary N) is 2. The van der Waals surface area contributed by atoms with Crippen LogP contribution in [0.25, 0.3) is 11.3 Å². The fourth-order valence-electron chi connectivity index (χ4n) is 4.05. The van der Waals surface area contributed by atoms with Gasteiger partial charge in [-0.25, -0.2) is 4.98 Å². The molecule has 1 aliphatic carbocycles. The fraction of sp³-hybridized carbons (Fsp3) is 0.500. The lowest BCUT2D eigenvalue weighted by molar-refractivity contribution is -0.123. The van der Waals surface area contributed by atoms with E-state index in [2.05, 4.69) is 17.6 Å². The summed E-state index contributed by atoms with van der Waals surface area (Å²) in [6, 6.07) is 7.68. The SMILES string of the molecule is Cc1sc(C(C)NC(=O)C2CC23CCNCC3)nc1-c1ccc(Cl)cc1.Cl. The number of benzene rings is 1. The van der Waals surface area contributed by atoms with E-state index >= 15 is 0 Å². The highest BCUT2D eigenvalue weighted by atomic mass is 35.5. The first-order valence-corrected chi connectivity index (χ1v) is 10.4. The van der Waals surface area contributed by atoms with Crippen molar-refractivity contribution in [2.75, 3.05) is 13.1 Å². The summed E-state index contributed by atoms with van der Waals surface area (Å²) in [6.07, 6.45) is 3.28. The molecule has 1 amide bonds. The van der Waals surface area contributed by atoms with E-state index in [0.29, 0.717) is 0 Å². The molecule has 1 aromatic carbocycles. The number of amides is 1. The van der Waals surface area contributed by atoms with Crippen molar-refractivity contribution >= 4 is 41.3 Å². The van der Waals surface area contributed by atoms with Gasteiger partial charge in [-0.05, 0) is 63.7 Å². The van der Waals surface area contributed by atoms with Crippen LogP contribution in [0.2, 0.25) is 5.02 Å². The summed E-state index contributed by atoms with van der Waals surface area (Å²) in [7, 11) is 0. The lowest BCUT2D eigenvalue weighted by atomic mass is 9.91. The van der Waals surface area contributed by atoms with Crippen LogP contribution in [0.3, 0.4) is 0 Å². The Hall–Kier alpha value is -1.14. The minimum Gasteiger partial charge on any atom is -0.347 e. The highest BCUT2D eigenvalue weighted by Gasteiger charge is 2.57. The summed E-state index contributed by atoms with van der Waals surface area (Å²) in [5.74, 6) is 0.379. The maximum absolute atomic E-state index is 12.7. The van der Waals surface area contributed by atoms with Gasteiger partial charge in [-0.2, -0.15) is 0 Å². The van der Waals surface area contributed by atoms with Gasteiger partial charge in [-0.3, -0.25) is 4.79 Å². The number of hydrogen-bond acceptors (Lipinski definition) is 4. The van der Waals surface area contributed by atoms with Crippen LogP contribution in [0, 0.1) is 18.3 Å². The van der Waals surface area contributed by atoms with Crippen molar-refractivity contribution in [2.24, 2.45) is 11.3 Å². The van der Waals surface area contributed by atoms with Crippen LogP contribution in [0.15, 0.2) is 24.3 Å². The Bertz CT molecular complexity index is 815. The van der Waals surface area contributed by atoms with Crippen molar-refractivity contribution in [3.05, 3.63) is 39.2 Å². The predicted molar refractivity (Wildman–Crippen MR) is 114 cm³/mol. The molecule has 146 valence electrons. The van der Waals surface area contributed by atoms with E-state index in [9.17, 15) is 4.79 Å². The number of carbonyl (C=O) groups excluding carboxylic acids is 1. The number of aromatic nitrogens is 1. The molecule has 0 bridgehead atoms. The maximum Gasteiger partial charge on any atom is 0.224 e. The van der Waals surface area contributed by atoms with Crippen LogP contribution in [-0.2, 0) is 4.79 Å². The first kappa shape index (κ1) is 20.6. The summed E-state index contributed by atoms with van der Waals surface area (Å²) in [4.78, 5) is 18.6. The third-order valence-electron chi connectivity index (χ3n) is 5.77. The van der Waals surface area contributed by atoms with Gasteiger partial charge in [0.15, 0.2) is 0 Å². The third-order valence-corrected chi connectivity index (χ3v) is 7.17. The molecular formula is C20H25Cl2N3OS. The van der Waals surface area contributed by atoms with Crippen molar-refractivity contribution < 1.29 is 4.79 Å². The Labute approximate surface area is 175 Å². The molecule has 7 heteroatoms. The van der Waals surface area contributed by atoms with Crippen LogP contribution >= 0.6 is 35.3 Å². The molecule has 2 aliphatic rings. The number of halogens is 2. The lowest BCUT2D eigenvalue weighted by Gasteiger charge is -2.23. The van der Waals surface area contributed by atoms with Gasteiger partial charge < -0.3 is 10.6 Å². The van der Waals surface area contributed by atoms with Gasteiger partial charge in [0.25, 0.3) is 0 Å². The molecule has 2 atom stereocenters. The summed E-state index contributed by atoms with van der Waals surface area (Å²) in [5, 5.41) is 8.26. The van der Waals surface area contributed by atoms with Crippen LogP contribution in [0.1, 0.15) is 42.1 Å². The van der Waals surface area contributed by atoms with E-state index in [1.807, 2.05) is 31.2 Å². The summed E-state index contributed by atoms with van der Waals surface area (Å²) >= 11 is 7.63. The number of nitrogens with zero attached hydrogens (tertiary/aromatic N) is 1. The van der Waals surface area contributed by atoms with Crippen LogP contribution in [0.4, 0.5) is 0 Å². The zero-order valence-electron chi connectivity index (χ0n) is 15.5. The van der Waals surface area contributed by atoms with Crippen molar-refractivity contribution in [3.63, 3.8) is 0 Å². The standard InChI is InChI=1S/C20H24ClN3OS.ClH/c1-12(23-18(25)16-11-20(16)7-9-22-10-8-20)19-24-17(13(2)26-19)14-3-5-15(21)6-4-14;/h3-6,12,16,22H,7-11H2,1-2H3,(H,23,25);1H. The second-order valence-corrected chi connectivity index (χ2v) is 9.23. The number of thiazole rings is 1. The molecule has 4 nitrogen and oxygen atoms in total. The van der Waals surface area contributed by atoms with Gasteiger partial charge in [0, 0.05) is 21.4 Å². The molecule has 2 fully saturated rings. The second-order valence-electron chi connectivity index (χ2n) is 7.56. The van der Waals surface area contributed by atoms with Crippen molar-refractivity contribution in [1.29, 1.82) is 0 Å². The Balaban J connectivity index is 0.00000210. The Kier molecular flexibility index (Phi) is 6.16. The monoisotopic (exact) mass is 425 g/mol. The molecule has 2 heterocycles. The van der Waals surface area contributed by atoms with E-state index in [4.69, 9.17) is 16.6 Å². The predicted octanol–water partition coefficient (Wildman–Crippen LogP) is 4.76. The van der Waals surface area contributed by atoms with Crippen LogP contribution in [-0.4, -0.2) is 24.0 Å². The van der Waals surface area contributed by atoms with Gasteiger partial charge >= 0.3 is 0 Å². The molecule has 1 saturated carbocycles. The summed E-state index contributed by atoms with van der Waals surface area (Å²) in [5.41, 5.74) is 2.30. The van der Waals surface area contributed by atoms with E-state index in [-0.39, 0.29) is 35.7 Å². The van der Waals surface area contributed by atoms with Gasteiger partial charge in [-0.15, -0.1) is 23.7 Å². The van der Waals surface area contributed by atoms with Crippen molar-refractivity contribution in [3.8, 4) is 11.3 Å². The normalized spacial score (nSPS) is 21.4. The molecule has 2 aromatic rings. The Morgan fingerprint density at radius 3 is 2.67 bits per heavy atom. The van der Waals surface area contributed by atoms with E-state index in [0.717, 1.165) is 58.5 Å². The minimum absolute atomic E-state index is 0. The molecule has 4 rings (SSSR count). The van der Waals surface area contributed by atoms with Crippen molar-refractivity contribution in [2.45, 2.75) is 39.2 Å². The molecule has 1 spiro atoms. The number of rotatable bonds is 4. The van der Waals surface area contributed by atoms with E-state index < -0.39 is 0 Å². The van der Waals surface area contributed by atoms with Gasteiger partial charge in [0.2, 0.25) is 5.91 Å². The Morgan fingerprint density at radius 1 is 1.33 bits per heavy atom. The molecule has 2 unspecified atom stereocenters. The maximum atomic E-state index is 12.7. The fourth-order valence-corrected chi connectivity index (χ4v) is 5.12. The van der Waals surface area contributed by atoms with E-state index in [1.165, 1.54) is 0 Å². The minimum atomic E-state index is -0.0633. The first-order valence-electron chi connectivity index (χ1n) is 9.23. The van der Waals surface area contributed by atoms with Crippen LogP contribution in [0.5, 0.6) is 0 Å². The number of carbonyl (C=O) groups is 1. The van der Waals surface area contributed by atoms with Gasteiger partial charge in [0.05, 0.1) is 11.7 Å². The molecule has 1 aliphatic heterocycles. The molecule has 1 saturated heterocycles. The Morgan fingerprint density at radius 2 is 2.00 bits per heavy atom. The molecule has 2 N–H and O–H groups in total. The lowest BCUT2D eigenvalue weighted by Crippen LogP contribution is -2.34. The molecule has 1 aromatic heterocycles. The van der Waals surface area contributed by atoms with Crippen molar-refractivity contribution in [1.82, 2.24) is 15.6 Å². The number of piperidine rings is 1. The largest absolute Gasteiger partial charge is 0.347 e. The average molecular weight is 426 g/mol. The molecule has 0 radical (unpaired) electrons. The van der Waals surface area contributed by atoms with Crippen LogP contribution < -0.4 is 10.6 Å². The number of hydrogen-bond donors (Lipinski definition) is 2. The van der Waals surface area contributed by atoms with Gasteiger partial charge in [0.1, 0.15) is 5.01 Å². The van der Waals surface area contributed by atoms with E-state index in [1.54, 1.807) is 11.3 Å². The quantitative estimate of drug-likeness (QED) is 0.741. The highest BCUT2D eigenvalue weighted by molar-refractivity contribution is 7.12. The smallest absolute Gasteiger partial charge is 0.224 e. The topological polar surface area (TPSA) is 54.0 Å². The van der Waals surface area contributed by atoms with Gasteiger partial charge in [-0.1, -0.05) is 23.7 Å². The summed E-state index contributed by atoms with van der Waals surface area (Å²) in [6.45, 7) is 6.18. The highest BCUT2D eigenvalue weighted by Crippen LogP contribution is 2.58. The summed E-state index contributed by atoms with van der Waals surface area (Å²) < 4.78 is 0. The zero-order chi connectivity index (χ0) is 18.3. The first-order chi connectivity index (χ1) is 12.5. The number of aryl methyl sites for hydroxylation is 1. The average Bonchev–Trinajstić information content (AvgIpc) is 3.17. The second kappa shape index (κ2) is 8.08. The third kappa shape index (κ3) is 4.16.